The van der Waals surface area contributed by atoms with Crippen LogP contribution in [0.1, 0.15) is 34.8 Å². The lowest BCUT2D eigenvalue weighted by Gasteiger charge is -2.39. The van der Waals surface area contributed by atoms with Gasteiger partial charge in [0.25, 0.3) is 5.91 Å². The van der Waals surface area contributed by atoms with Gasteiger partial charge >= 0.3 is 0 Å². The second-order valence-electron chi connectivity index (χ2n) is 6.05. The van der Waals surface area contributed by atoms with Crippen molar-refractivity contribution >= 4 is 5.91 Å². The summed E-state index contributed by atoms with van der Waals surface area (Å²) in [6.45, 7) is 4.12. The molecule has 0 N–H and O–H groups in total. The number of benzene rings is 1. The van der Waals surface area contributed by atoms with Gasteiger partial charge in [-0.15, -0.1) is 0 Å². The highest BCUT2D eigenvalue weighted by Crippen LogP contribution is 2.26. The van der Waals surface area contributed by atoms with Crippen molar-refractivity contribution in [2.45, 2.75) is 19.4 Å². The van der Waals surface area contributed by atoms with Gasteiger partial charge in [0.15, 0.2) is 5.69 Å². The Kier molecular flexibility index (Phi) is 4.85. The first-order valence-corrected chi connectivity index (χ1v) is 8.21. The summed E-state index contributed by atoms with van der Waals surface area (Å²) in [6, 6.07) is 9.91. The summed E-state index contributed by atoms with van der Waals surface area (Å²) in [4.78, 5) is 16.8. The molecule has 1 saturated heterocycles. The van der Waals surface area contributed by atoms with Gasteiger partial charge in [0.2, 0.25) is 0 Å². The molecule has 0 aliphatic carbocycles. The highest BCUT2D eigenvalue weighted by molar-refractivity contribution is 5.92. The normalized spacial score (nSPS) is 18.6. The summed E-state index contributed by atoms with van der Waals surface area (Å²) in [5, 5.41) is 3.91. The van der Waals surface area contributed by atoms with Gasteiger partial charge in [-0.1, -0.05) is 24.2 Å². The van der Waals surface area contributed by atoms with E-state index in [0.29, 0.717) is 18.8 Å². The van der Waals surface area contributed by atoms with E-state index in [1.54, 1.807) is 13.2 Å². The predicted octanol–water partition coefficient (Wildman–Crippen LogP) is 2.37. The molecule has 0 saturated carbocycles. The van der Waals surface area contributed by atoms with Gasteiger partial charge in [-0.05, 0) is 24.7 Å². The Labute approximate surface area is 142 Å². The molecule has 1 aromatic heterocycles. The molecule has 1 aromatic carbocycles. The molecule has 2 aromatic rings. The van der Waals surface area contributed by atoms with Crippen LogP contribution in [0.4, 0.5) is 0 Å². The van der Waals surface area contributed by atoms with Crippen molar-refractivity contribution in [2.24, 2.45) is 0 Å². The second-order valence-corrected chi connectivity index (χ2v) is 6.05. The zero-order chi connectivity index (χ0) is 17.1. The van der Waals surface area contributed by atoms with E-state index in [1.807, 2.05) is 24.0 Å². The number of aromatic nitrogens is 1. The highest BCUT2D eigenvalue weighted by atomic mass is 16.5. The monoisotopic (exact) mass is 329 g/mol. The maximum Gasteiger partial charge on any atom is 0.276 e. The first kappa shape index (κ1) is 16.5. The van der Waals surface area contributed by atoms with Crippen molar-refractivity contribution in [1.82, 2.24) is 15.0 Å². The van der Waals surface area contributed by atoms with E-state index in [-0.39, 0.29) is 11.9 Å². The van der Waals surface area contributed by atoms with Gasteiger partial charge in [-0.3, -0.25) is 9.69 Å². The topological polar surface area (TPSA) is 58.8 Å². The second kappa shape index (κ2) is 7.05. The molecule has 24 heavy (non-hydrogen) atoms. The maximum absolute atomic E-state index is 12.7. The summed E-state index contributed by atoms with van der Waals surface area (Å²) in [5.41, 5.74) is 1.56. The highest BCUT2D eigenvalue weighted by Gasteiger charge is 2.30. The van der Waals surface area contributed by atoms with Crippen molar-refractivity contribution in [3.8, 4) is 5.75 Å². The Morgan fingerprint density at radius 2 is 2.08 bits per heavy atom. The molecule has 0 radical (unpaired) electrons. The number of aryl methyl sites for hydroxylation is 1. The van der Waals surface area contributed by atoms with Crippen LogP contribution in [0.25, 0.3) is 0 Å². The van der Waals surface area contributed by atoms with Crippen LogP contribution in [0.3, 0.4) is 0 Å². The van der Waals surface area contributed by atoms with Crippen LogP contribution in [-0.2, 0) is 6.42 Å². The first-order chi connectivity index (χ1) is 11.6. The van der Waals surface area contributed by atoms with E-state index in [1.165, 1.54) is 5.56 Å². The predicted molar refractivity (Wildman–Crippen MR) is 90.1 cm³/mol. The van der Waals surface area contributed by atoms with Crippen molar-refractivity contribution in [1.29, 1.82) is 0 Å². The number of likely N-dealkylation sites (N-methyl/N-ethyl adjacent to an activating group) is 1. The fraction of sp³-hybridized carbons (Fsp3) is 0.444. The Hall–Kier alpha value is -2.34. The molecule has 0 bridgehead atoms. The Bertz CT molecular complexity index is 696. The minimum Gasteiger partial charge on any atom is -0.497 e. The number of carbonyl (C=O) groups excluding carboxylic acids is 1. The van der Waals surface area contributed by atoms with Crippen LogP contribution in [0.15, 0.2) is 34.9 Å². The van der Waals surface area contributed by atoms with E-state index in [9.17, 15) is 4.79 Å². The number of methoxy groups -OCH3 is 1. The van der Waals surface area contributed by atoms with E-state index in [4.69, 9.17) is 9.26 Å². The van der Waals surface area contributed by atoms with Crippen LogP contribution in [0.5, 0.6) is 5.75 Å². The van der Waals surface area contributed by atoms with E-state index in [0.717, 1.165) is 24.5 Å². The molecule has 6 heteroatoms. The van der Waals surface area contributed by atoms with E-state index >= 15 is 0 Å². The van der Waals surface area contributed by atoms with Crippen LogP contribution in [0.2, 0.25) is 0 Å². The molecule has 1 amide bonds. The molecule has 1 atom stereocenters. The van der Waals surface area contributed by atoms with E-state index < -0.39 is 0 Å². The Morgan fingerprint density at radius 1 is 1.33 bits per heavy atom. The average molecular weight is 329 g/mol. The van der Waals surface area contributed by atoms with Gasteiger partial charge < -0.3 is 14.2 Å². The molecular formula is C18H23N3O3. The SMILES string of the molecule is CCc1cc(C(=O)N2CCN(C)[C@H](c3ccc(OC)cc3)C2)no1. The summed E-state index contributed by atoms with van der Waals surface area (Å²) in [7, 11) is 3.74. The third-order valence-corrected chi connectivity index (χ3v) is 4.56. The first-order valence-electron chi connectivity index (χ1n) is 8.21. The molecule has 1 aliphatic rings. The van der Waals surface area contributed by atoms with Gasteiger partial charge in [-0.2, -0.15) is 0 Å². The van der Waals surface area contributed by atoms with Gasteiger partial charge in [-0.25, -0.2) is 0 Å². The molecule has 0 spiro atoms. The van der Waals surface area contributed by atoms with Crippen molar-refractivity contribution < 1.29 is 14.1 Å². The fourth-order valence-electron chi connectivity index (χ4n) is 2.99. The van der Waals surface area contributed by atoms with Gasteiger partial charge in [0.05, 0.1) is 13.2 Å². The Balaban J connectivity index is 1.75. The van der Waals surface area contributed by atoms with Gasteiger partial charge in [0, 0.05) is 32.1 Å². The summed E-state index contributed by atoms with van der Waals surface area (Å²) >= 11 is 0. The maximum atomic E-state index is 12.7. The van der Waals surface area contributed by atoms with Crippen LogP contribution >= 0.6 is 0 Å². The molecule has 2 heterocycles. The number of rotatable bonds is 4. The lowest BCUT2D eigenvalue weighted by atomic mass is 10.0. The van der Waals surface area contributed by atoms with E-state index in [2.05, 4.69) is 29.2 Å². The number of carbonyl (C=O) groups is 1. The smallest absolute Gasteiger partial charge is 0.276 e. The number of piperazine rings is 1. The Morgan fingerprint density at radius 3 is 2.71 bits per heavy atom. The summed E-state index contributed by atoms with van der Waals surface area (Å²) < 4.78 is 10.4. The average Bonchev–Trinajstić information content (AvgIpc) is 3.11. The number of hydrogen-bond acceptors (Lipinski definition) is 5. The fourth-order valence-corrected chi connectivity index (χ4v) is 2.99. The van der Waals surface area contributed by atoms with Crippen molar-refractivity contribution in [2.75, 3.05) is 33.8 Å². The van der Waals surface area contributed by atoms with Crippen molar-refractivity contribution in [3.63, 3.8) is 0 Å². The van der Waals surface area contributed by atoms with Crippen LogP contribution in [0, 0.1) is 0 Å². The standard InChI is InChI=1S/C18H23N3O3/c1-4-14-11-16(19-24-14)18(22)21-10-9-20(2)17(12-21)13-5-7-15(23-3)8-6-13/h5-8,11,17H,4,9-10,12H2,1-3H3/t17-/m0/s1. The minimum absolute atomic E-state index is 0.0648. The lowest BCUT2D eigenvalue weighted by Crippen LogP contribution is -2.49. The summed E-state index contributed by atoms with van der Waals surface area (Å²) in [5.74, 6) is 1.50. The quantitative estimate of drug-likeness (QED) is 0.862. The molecule has 0 unspecified atom stereocenters. The molecule has 6 nitrogen and oxygen atoms in total. The van der Waals surface area contributed by atoms with Crippen molar-refractivity contribution in [3.05, 3.63) is 47.3 Å². The molecule has 1 aliphatic heterocycles. The number of amides is 1. The van der Waals surface area contributed by atoms with Gasteiger partial charge in [0.1, 0.15) is 11.5 Å². The number of hydrogen-bond donors (Lipinski definition) is 0. The molecular weight excluding hydrogens is 306 g/mol. The number of nitrogens with zero attached hydrogens (tertiary/aromatic N) is 3. The molecule has 1 fully saturated rings. The third kappa shape index (κ3) is 3.28. The van der Waals surface area contributed by atoms with Crippen LogP contribution < -0.4 is 4.74 Å². The zero-order valence-electron chi connectivity index (χ0n) is 14.4. The molecule has 3 rings (SSSR count). The largest absolute Gasteiger partial charge is 0.497 e. The lowest BCUT2D eigenvalue weighted by molar-refractivity contribution is 0.0536. The summed E-state index contributed by atoms with van der Waals surface area (Å²) in [6.07, 6.45) is 0.734. The minimum atomic E-state index is -0.0648. The molecule has 128 valence electrons. The number of ether oxygens (including phenoxy) is 1. The zero-order valence-corrected chi connectivity index (χ0v) is 14.4. The third-order valence-electron chi connectivity index (χ3n) is 4.56. The van der Waals surface area contributed by atoms with Crippen LogP contribution in [-0.4, -0.2) is 54.7 Å².